The Hall–Kier alpha value is -2.64. The van der Waals surface area contributed by atoms with Crippen LogP contribution >= 0.6 is 0 Å². The normalized spacial score (nSPS) is 15.7. The number of hydrogen-bond donors (Lipinski definition) is 2. The molecule has 2 amide bonds. The van der Waals surface area contributed by atoms with Gasteiger partial charge in [0.1, 0.15) is 11.9 Å². The molecule has 1 unspecified atom stereocenters. The Bertz CT molecular complexity index is 720. The molecule has 3 rings (SSSR count). The van der Waals surface area contributed by atoms with Crippen LogP contribution in [0.5, 0.6) is 5.75 Å². The number of carbonyl (C=O) groups is 1. The Morgan fingerprint density at radius 1 is 1.26 bits per heavy atom. The van der Waals surface area contributed by atoms with E-state index in [1.165, 1.54) is 0 Å². The number of hydrogen-bond acceptors (Lipinski definition) is 5. The first-order chi connectivity index (χ1) is 13.2. The van der Waals surface area contributed by atoms with Crippen molar-refractivity contribution in [2.75, 3.05) is 38.2 Å². The number of rotatable bonds is 7. The second-order valence-electron chi connectivity index (χ2n) is 6.50. The molecule has 1 aliphatic heterocycles. The Labute approximate surface area is 159 Å². The van der Waals surface area contributed by atoms with Gasteiger partial charge in [0.15, 0.2) is 0 Å². The van der Waals surface area contributed by atoms with Crippen molar-refractivity contribution < 1.29 is 14.3 Å². The largest absolute Gasteiger partial charge is 0.487 e. The monoisotopic (exact) mass is 370 g/mol. The number of pyridine rings is 1. The molecule has 27 heavy (non-hydrogen) atoms. The fourth-order valence-corrected chi connectivity index (χ4v) is 2.87. The Morgan fingerprint density at radius 2 is 2.07 bits per heavy atom. The van der Waals surface area contributed by atoms with E-state index in [2.05, 4.69) is 20.5 Å². The summed E-state index contributed by atoms with van der Waals surface area (Å²) in [5, 5.41) is 5.80. The highest BCUT2D eigenvalue weighted by Crippen LogP contribution is 2.18. The molecule has 1 fully saturated rings. The van der Waals surface area contributed by atoms with E-state index in [-0.39, 0.29) is 12.1 Å². The first-order valence-electron chi connectivity index (χ1n) is 9.20. The van der Waals surface area contributed by atoms with E-state index in [9.17, 15) is 4.79 Å². The predicted molar refractivity (Wildman–Crippen MR) is 104 cm³/mol. The fraction of sp³-hybridized carbons (Fsp3) is 0.400. The predicted octanol–water partition coefficient (Wildman–Crippen LogP) is 2.50. The third kappa shape index (κ3) is 6.23. The second-order valence-corrected chi connectivity index (χ2v) is 6.50. The van der Waals surface area contributed by atoms with Gasteiger partial charge in [-0.3, -0.25) is 9.88 Å². The minimum Gasteiger partial charge on any atom is -0.487 e. The molecule has 7 nitrogen and oxygen atoms in total. The van der Waals surface area contributed by atoms with Crippen molar-refractivity contribution in [3.63, 3.8) is 0 Å². The summed E-state index contributed by atoms with van der Waals surface area (Å²) in [6.07, 6.45) is 3.18. The molecule has 1 aliphatic rings. The van der Waals surface area contributed by atoms with E-state index in [4.69, 9.17) is 9.47 Å². The molecule has 7 heteroatoms. The van der Waals surface area contributed by atoms with Gasteiger partial charge in [-0.25, -0.2) is 4.79 Å². The number of aromatic nitrogens is 1. The van der Waals surface area contributed by atoms with Crippen molar-refractivity contribution in [1.29, 1.82) is 0 Å². The van der Waals surface area contributed by atoms with Crippen molar-refractivity contribution in [2.45, 2.75) is 19.6 Å². The minimum absolute atomic E-state index is 0.163. The first-order valence-corrected chi connectivity index (χ1v) is 9.20. The lowest BCUT2D eigenvalue weighted by molar-refractivity contribution is 0.0343. The molecule has 0 spiro atoms. The van der Waals surface area contributed by atoms with Crippen LogP contribution in [0.4, 0.5) is 10.5 Å². The summed E-state index contributed by atoms with van der Waals surface area (Å²) in [7, 11) is 0. The maximum Gasteiger partial charge on any atom is 0.319 e. The molecule has 0 bridgehead atoms. The minimum atomic E-state index is -0.244. The average molecular weight is 370 g/mol. The summed E-state index contributed by atoms with van der Waals surface area (Å²) < 4.78 is 11.1. The number of morpholine rings is 1. The number of carbonyl (C=O) groups excluding carboxylic acids is 1. The zero-order valence-corrected chi connectivity index (χ0v) is 15.6. The highest BCUT2D eigenvalue weighted by molar-refractivity contribution is 5.90. The van der Waals surface area contributed by atoms with E-state index >= 15 is 0 Å². The SMILES string of the molecule is CC(CNC(=O)Nc1ccccc1CN1CCOCC1)Oc1cccnc1. The molecular formula is C20H26N4O3. The van der Waals surface area contributed by atoms with E-state index in [1.807, 2.05) is 43.3 Å². The molecule has 1 aromatic carbocycles. The van der Waals surface area contributed by atoms with Gasteiger partial charge >= 0.3 is 6.03 Å². The quantitative estimate of drug-likeness (QED) is 0.783. The Kier molecular flexibility index (Phi) is 7.01. The first kappa shape index (κ1) is 19.1. The fourth-order valence-electron chi connectivity index (χ4n) is 2.87. The van der Waals surface area contributed by atoms with Gasteiger partial charge in [-0.15, -0.1) is 0 Å². The van der Waals surface area contributed by atoms with E-state index in [0.717, 1.165) is 44.1 Å². The molecule has 2 heterocycles. The number of benzene rings is 1. The number of anilines is 1. The summed E-state index contributed by atoms with van der Waals surface area (Å²) in [6.45, 7) is 6.41. The summed E-state index contributed by atoms with van der Waals surface area (Å²) >= 11 is 0. The molecule has 0 radical (unpaired) electrons. The molecule has 2 N–H and O–H groups in total. The second kappa shape index (κ2) is 9.89. The lowest BCUT2D eigenvalue weighted by Crippen LogP contribution is -2.37. The highest BCUT2D eigenvalue weighted by atomic mass is 16.5. The standard InChI is InChI=1S/C20H26N4O3/c1-16(27-18-6-4-8-21-14-18)13-22-20(25)23-19-7-3-2-5-17(19)15-24-9-11-26-12-10-24/h2-8,14,16H,9-13,15H2,1H3,(H2,22,23,25). The highest BCUT2D eigenvalue weighted by Gasteiger charge is 2.14. The van der Waals surface area contributed by atoms with Crippen molar-refractivity contribution in [2.24, 2.45) is 0 Å². The zero-order valence-electron chi connectivity index (χ0n) is 15.6. The van der Waals surface area contributed by atoms with E-state index < -0.39 is 0 Å². The van der Waals surface area contributed by atoms with Crippen LogP contribution in [0.2, 0.25) is 0 Å². The molecule has 1 saturated heterocycles. The number of nitrogens with one attached hydrogen (secondary N) is 2. The summed E-state index contributed by atoms with van der Waals surface area (Å²) in [5.74, 6) is 0.683. The maximum atomic E-state index is 12.3. The molecule has 1 aromatic heterocycles. The lowest BCUT2D eigenvalue weighted by Gasteiger charge is -2.27. The van der Waals surface area contributed by atoms with Crippen LogP contribution in [0.15, 0.2) is 48.8 Å². The zero-order chi connectivity index (χ0) is 18.9. The third-order valence-electron chi connectivity index (χ3n) is 4.28. The van der Waals surface area contributed by atoms with Crippen molar-refractivity contribution >= 4 is 11.7 Å². The van der Waals surface area contributed by atoms with Crippen molar-refractivity contribution in [1.82, 2.24) is 15.2 Å². The number of ether oxygens (including phenoxy) is 2. The van der Waals surface area contributed by atoms with Gasteiger partial charge in [0, 0.05) is 31.5 Å². The molecule has 2 aromatic rings. The smallest absolute Gasteiger partial charge is 0.319 e. The van der Waals surface area contributed by atoms with Crippen LogP contribution in [-0.2, 0) is 11.3 Å². The van der Waals surface area contributed by atoms with Crippen LogP contribution in [0.3, 0.4) is 0 Å². The number of para-hydroxylation sites is 1. The van der Waals surface area contributed by atoms with Crippen molar-refractivity contribution in [3.05, 3.63) is 54.4 Å². The van der Waals surface area contributed by atoms with Crippen LogP contribution < -0.4 is 15.4 Å². The number of urea groups is 1. The third-order valence-corrected chi connectivity index (χ3v) is 4.28. The van der Waals surface area contributed by atoms with E-state index in [1.54, 1.807) is 12.4 Å². The van der Waals surface area contributed by atoms with Gasteiger partial charge < -0.3 is 20.1 Å². The van der Waals surface area contributed by atoms with Gasteiger partial charge in [0.25, 0.3) is 0 Å². The van der Waals surface area contributed by atoms with Gasteiger partial charge in [0.2, 0.25) is 0 Å². The number of amides is 2. The van der Waals surface area contributed by atoms with Gasteiger partial charge in [0.05, 0.1) is 26.0 Å². The molecule has 0 aliphatic carbocycles. The summed E-state index contributed by atoms with van der Waals surface area (Å²) in [4.78, 5) is 18.6. The van der Waals surface area contributed by atoms with Gasteiger partial charge in [-0.1, -0.05) is 18.2 Å². The Balaban J connectivity index is 1.48. The van der Waals surface area contributed by atoms with Gasteiger partial charge in [-0.05, 0) is 30.7 Å². The summed E-state index contributed by atoms with van der Waals surface area (Å²) in [5.41, 5.74) is 1.91. The van der Waals surface area contributed by atoms with E-state index in [0.29, 0.717) is 12.3 Å². The van der Waals surface area contributed by atoms with Crippen molar-refractivity contribution in [3.8, 4) is 5.75 Å². The lowest BCUT2D eigenvalue weighted by atomic mass is 10.1. The number of nitrogens with zero attached hydrogens (tertiary/aromatic N) is 2. The average Bonchev–Trinajstić information content (AvgIpc) is 2.69. The molecular weight excluding hydrogens is 344 g/mol. The molecule has 144 valence electrons. The topological polar surface area (TPSA) is 75.7 Å². The maximum absolute atomic E-state index is 12.3. The van der Waals surface area contributed by atoms with Crippen LogP contribution in [0.1, 0.15) is 12.5 Å². The van der Waals surface area contributed by atoms with Crippen LogP contribution in [-0.4, -0.2) is 54.9 Å². The Morgan fingerprint density at radius 3 is 2.85 bits per heavy atom. The van der Waals surface area contributed by atoms with Crippen LogP contribution in [0, 0.1) is 0 Å². The summed E-state index contributed by atoms with van der Waals surface area (Å²) in [6, 6.07) is 11.3. The van der Waals surface area contributed by atoms with Gasteiger partial charge in [-0.2, -0.15) is 0 Å². The molecule has 1 atom stereocenters. The molecule has 0 saturated carbocycles. The van der Waals surface area contributed by atoms with Crippen LogP contribution in [0.25, 0.3) is 0 Å².